The molecule has 1 heterocycles. The SMILES string of the molecule is CCNc1nnc(CN(C)C2CCC2)s1. The van der Waals surface area contributed by atoms with Gasteiger partial charge in [-0.2, -0.15) is 0 Å². The molecular formula is C10H18N4S. The number of anilines is 1. The molecule has 0 aromatic carbocycles. The molecule has 0 atom stereocenters. The molecule has 4 nitrogen and oxygen atoms in total. The van der Waals surface area contributed by atoms with E-state index in [2.05, 4.69) is 34.4 Å². The first-order chi connectivity index (χ1) is 7.29. The van der Waals surface area contributed by atoms with Gasteiger partial charge >= 0.3 is 0 Å². The van der Waals surface area contributed by atoms with Gasteiger partial charge in [0.15, 0.2) is 0 Å². The molecule has 5 heteroatoms. The zero-order chi connectivity index (χ0) is 10.7. The highest BCUT2D eigenvalue weighted by molar-refractivity contribution is 7.15. The first-order valence-corrected chi connectivity index (χ1v) is 6.37. The molecule has 1 aliphatic carbocycles. The van der Waals surface area contributed by atoms with E-state index in [1.165, 1.54) is 19.3 Å². The van der Waals surface area contributed by atoms with Gasteiger partial charge in [0.05, 0.1) is 6.54 Å². The molecule has 84 valence electrons. The Morgan fingerprint density at radius 1 is 1.47 bits per heavy atom. The van der Waals surface area contributed by atoms with Gasteiger partial charge in [0.25, 0.3) is 0 Å². The number of rotatable bonds is 5. The summed E-state index contributed by atoms with van der Waals surface area (Å²) in [6.07, 6.45) is 4.07. The van der Waals surface area contributed by atoms with Crippen molar-refractivity contribution in [1.29, 1.82) is 0 Å². The number of hydrogen-bond donors (Lipinski definition) is 1. The Morgan fingerprint density at radius 2 is 2.27 bits per heavy atom. The third-order valence-electron chi connectivity index (χ3n) is 2.88. The quantitative estimate of drug-likeness (QED) is 0.833. The van der Waals surface area contributed by atoms with Gasteiger partial charge in [0.2, 0.25) is 5.13 Å². The summed E-state index contributed by atoms with van der Waals surface area (Å²) in [5.41, 5.74) is 0. The maximum Gasteiger partial charge on any atom is 0.205 e. The van der Waals surface area contributed by atoms with Gasteiger partial charge in [-0.1, -0.05) is 17.8 Å². The van der Waals surface area contributed by atoms with Crippen molar-refractivity contribution in [2.45, 2.75) is 38.8 Å². The Labute approximate surface area is 94.7 Å². The molecule has 0 bridgehead atoms. The molecule has 1 saturated carbocycles. The van der Waals surface area contributed by atoms with Crippen molar-refractivity contribution >= 4 is 16.5 Å². The van der Waals surface area contributed by atoms with Gasteiger partial charge in [-0.15, -0.1) is 10.2 Å². The van der Waals surface area contributed by atoms with Crippen LogP contribution in [-0.2, 0) is 6.54 Å². The highest BCUT2D eigenvalue weighted by atomic mass is 32.1. The van der Waals surface area contributed by atoms with E-state index < -0.39 is 0 Å². The van der Waals surface area contributed by atoms with Gasteiger partial charge in [0, 0.05) is 12.6 Å². The monoisotopic (exact) mass is 226 g/mol. The summed E-state index contributed by atoms with van der Waals surface area (Å²) in [7, 11) is 2.18. The fraction of sp³-hybridized carbons (Fsp3) is 0.800. The Balaban J connectivity index is 1.86. The van der Waals surface area contributed by atoms with Gasteiger partial charge in [0.1, 0.15) is 5.01 Å². The molecule has 1 aromatic rings. The molecule has 1 aliphatic rings. The Kier molecular flexibility index (Phi) is 3.53. The average molecular weight is 226 g/mol. The zero-order valence-corrected chi connectivity index (χ0v) is 10.2. The van der Waals surface area contributed by atoms with Crippen molar-refractivity contribution in [3.63, 3.8) is 0 Å². The summed E-state index contributed by atoms with van der Waals surface area (Å²) in [6.45, 7) is 3.92. The predicted octanol–water partition coefficient (Wildman–Crippen LogP) is 1.95. The summed E-state index contributed by atoms with van der Waals surface area (Å²) in [4.78, 5) is 2.39. The van der Waals surface area contributed by atoms with Crippen LogP contribution in [0.3, 0.4) is 0 Å². The lowest BCUT2D eigenvalue weighted by atomic mass is 9.92. The van der Waals surface area contributed by atoms with Crippen molar-refractivity contribution in [1.82, 2.24) is 15.1 Å². The maximum absolute atomic E-state index is 4.18. The number of nitrogens with one attached hydrogen (secondary N) is 1. The standard InChI is InChI=1S/C10H18N4S/c1-3-11-10-13-12-9(15-10)7-14(2)8-5-4-6-8/h8H,3-7H2,1-2H3,(H,11,13). The molecule has 0 unspecified atom stereocenters. The van der Waals surface area contributed by atoms with E-state index in [0.717, 1.165) is 29.3 Å². The van der Waals surface area contributed by atoms with Crippen molar-refractivity contribution in [2.24, 2.45) is 0 Å². The molecule has 1 fully saturated rings. The van der Waals surface area contributed by atoms with Crippen LogP contribution in [0.1, 0.15) is 31.2 Å². The zero-order valence-electron chi connectivity index (χ0n) is 9.36. The molecule has 0 amide bonds. The van der Waals surface area contributed by atoms with Crippen LogP contribution in [0.15, 0.2) is 0 Å². The normalized spacial score (nSPS) is 16.7. The highest BCUT2D eigenvalue weighted by Gasteiger charge is 2.22. The second kappa shape index (κ2) is 4.90. The van der Waals surface area contributed by atoms with Crippen LogP contribution >= 0.6 is 11.3 Å². The van der Waals surface area contributed by atoms with Crippen molar-refractivity contribution < 1.29 is 0 Å². The second-order valence-electron chi connectivity index (χ2n) is 4.03. The number of hydrogen-bond acceptors (Lipinski definition) is 5. The minimum atomic E-state index is 0.775. The fourth-order valence-corrected chi connectivity index (χ4v) is 2.58. The molecule has 1 aromatic heterocycles. The Morgan fingerprint density at radius 3 is 2.87 bits per heavy atom. The van der Waals surface area contributed by atoms with Crippen LogP contribution in [0.25, 0.3) is 0 Å². The van der Waals surface area contributed by atoms with Gasteiger partial charge in [-0.05, 0) is 26.8 Å². The highest BCUT2D eigenvalue weighted by Crippen LogP contribution is 2.25. The lowest BCUT2D eigenvalue weighted by Crippen LogP contribution is -2.36. The Bertz CT molecular complexity index is 308. The molecule has 0 radical (unpaired) electrons. The molecular weight excluding hydrogens is 208 g/mol. The first kappa shape index (κ1) is 10.8. The van der Waals surface area contributed by atoms with Gasteiger partial charge in [-0.3, -0.25) is 4.90 Å². The largest absolute Gasteiger partial charge is 0.360 e. The molecule has 15 heavy (non-hydrogen) atoms. The van der Waals surface area contributed by atoms with Crippen LogP contribution in [0.5, 0.6) is 0 Å². The van der Waals surface area contributed by atoms with Gasteiger partial charge < -0.3 is 5.32 Å². The third kappa shape index (κ3) is 2.66. The molecule has 2 rings (SSSR count). The first-order valence-electron chi connectivity index (χ1n) is 5.56. The van der Waals surface area contributed by atoms with Crippen LogP contribution in [0, 0.1) is 0 Å². The predicted molar refractivity (Wildman–Crippen MR) is 63.2 cm³/mol. The summed E-state index contributed by atoms with van der Waals surface area (Å²) < 4.78 is 0. The molecule has 0 spiro atoms. The fourth-order valence-electron chi connectivity index (χ4n) is 1.71. The van der Waals surface area contributed by atoms with E-state index in [4.69, 9.17) is 0 Å². The van der Waals surface area contributed by atoms with Gasteiger partial charge in [-0.25, -0.2) is 0 Å². The van der Waals surface area contributed by atoms with Crippen molar-refractivity contribution in [2.75, 3.05) is 18.9 Å². The van der Waals surface area contributed by atoms with Crippen LogP contribution in [-0.4, -0.2) is 34.7 Å². The van der Waals surface area contributed by atoms with Crippen LogP contribution in [0.4, 0.5) is 5.13 Å². The van der Waals surface area contributed by atoms with Crippen LogP contribution < -0.4 is 5.32 Å². The summed E-state index contributed by atoms with van der Waals surface area (Å²) in [5.74, 6) is 0. The lowest BCUT2D eigenvalue weighted by molar-refractivity contribution is 0.152. The van der Waals surface area contributed by atoms with Crippen molar-refractivity contribution in [3.8, 4) is 0 Å². The van der Waals surface area contributed by atoms with E-state index >= 15 is 0 Å². The van der Waals surface area contributed by atoms with E-state index in [-0.39, 0.29) is 0 Å². The van der Waals surface area contributed by atoms with E-state index in [9.17, 15) is 0 Å². The molecule has 0 saturated heterocycles. The van der Waals surface area contributed by atoms with Crippen LogP contribution in [0.2, 0.25) is 0 Å². The smallest absolute Gasteiger partial charge is 0.205 e. The number of aromatic nitrogens is 2. The average Bonchev–Trinajstić information content (AvgIpc) is 2.49. The van der Waals surface area contributed by atoms with E-state index in [1.807, 2.05) is 0 Å². The van der Waals surface area contributed by atoms with Crippen molar-refractivity contribution in [3.05, 3.63) is 5.01 Å². The third-order valence-corrected chi connectivity index (χ3v) is 3.74. The summed E-state index contributed by atoms with van der Waals surface area (Å²) in [6, 6.07) is 0.775. The number of nitrogens with zero attached hydrogens (tertiary/aromatic N) is 3. The summed E-state index contributed by atoms with van der Waals surface area (Å²) >= 11 is 1.66. The second-order valence-corrected chi connectivity index (χ2v) is 5.09. The van der Waals surface area contributed by atoms with E-state index in [0.29, 0.717) is 0 Å². The minimum absolute atomic E-state index is 0.775. The molecule has 0 aliphatic heterocycles. The Hall–Kier alpha value is -0.680. The summed E-state index contributed by atoms with van der Waals surface area (Å²) in [5, 5.41) is 13.5. The lowest BCUT2D eigenvalue weighted by Gasteiger charge is -2.33. The topological polar surface area (TPSA) is 41.1 Å². The van der Waals surface area contributed by atoms with E-state index in [1.54, 1.807) is 11.3 Å². The maximum atomic E-state index is 4.18. The minimum Gasteiger partial charge on any atom is -0.360 e. The molecule has 1 N–H and O–H groups in total.